The third-order valence-corrected chi connectivity index (χ3v) is 3.67. The van der Waals surface area contributed by atoms with Crippen molar-refractivity contribution in [3.8, 4) is 5.75 Å². The lowest BCUT2D eigenvalue weighted by Gasteiger charge is -2.08. The van der Waals surface area contributed by atoms with Crippen LogP contribution in [0.5, 0.6) is 5.75 Å². The standard InChI is InChI=1S/C19H14FNO4/c1-24-18-8-7-12(10-15(18)20)17(22)11-25-19(23)14-4-2-6-16-13(14)5-3-9-21-16/h2-10H,11H2,1H3. The summed E-state index contributed by atoms with van der Waals surface area (Å²) in [6, 6.07) is 12.3. The van der Waals surface area contributed by atoms with Crippen molar-refractivity contribution in [1.29, 1.82) is 0 Å². The fourth-order valence-corrected chi connectivity index (χ4v) is 2.41. The summed E-state index contributed by atoms with van der Waals surface area (Å²) in [6.07, 6.45) is 1.62. The van der Waals surface area contributed by atoms with Crippen LogP contribution in [0, 0.1) is 5.82 Å². The van der Waals surface area contributed by atoms with Gasteiger partial charge in [0.15, 0.2) is 24.0 Å². The van der Waals surface area contributed by atoms with E-state index in [0.29, 0.717) is 16.5 Å². The number of methoxy groups -OCH3 is 1. The Morgan fingerprint density at radius 2 is 1.96 bits per heavy atom. The molecule has 25 heavy (non-hydrogen) atoms. The van der Waals surface area contributed by atoms with E-state index in [1.54, 1.807) is 36.5 Å². The molecule has 1 heterocycles. The van der Waals surface area contributed by atoms with Crippen molar-refractivity contribution in [3.05, 3.63) is 71.7 Å². The SMILES string of the molecule is COc1ccc(C(=O)COC(=O)c2cccc3ncccc23)cc1F. The fourth-order valence-electron chi connectivity index (χ4n) is 2.41. The quantitative estimate of drug-likeness (QED) is 0.526. The monoisotopic (exact) mass is 339 g/mol. The molecular weight excluding hydrogens is 325 g/mol. The highest BCUT2D eigenvalue weighted by atomic mass is 19.1. The highest BCUT2D eigenvalue weighted by Crippen LogP contribution is 2.19. The van der Waals surface area contributed by atoms with Crippen molar-refractivity contribution < 1.29 is 23.5 Å². The van der Waals surface area contributed by atoms with E-state index in [4.69, 9.17) is 9.47 Å². The van der Waals surface area contributed by atoms with Crippen molar-refractivity contribution >= 4 is 22.7 Å². The van der Waals surface area contributed by atoms with Crippen LogP contribution in [-0.4, -0.2) is 30.5 Å². The second-order valence-electron chi connectivity index (χ2n) is 5.22. The van der Waals surface area contributed by atoms with Crippen LogP contribution in [0.4, 0.5) is 4.39 Å². The Bertz CT molecular complexity index is 950. The lowest BCUT2D eigenvalue weighted by molar-refractivity contribution is 0.0476. The number of fused-ring (bicyclic) bond motifs is 1. The Hall–Kier alpha value is -3.28. The fraction of sp³-hybridized carbons (Fsp3) is 0.105. The number of aromatic nitrogens is 1. The molecule has 0 saturated heterocycles. The average Bonchev–Trinajstić information content (AvgIpc) is 2.65. The zero-order valence-corrected chi connectivity index (χ0v) is 13.4. The van der Waals surface area contributed by atoms with Gasteiger partial charge in [0.2, 0.25) is 0 Å². The van der Waals surface area contributed by atoms with Gasteiger partial charge < -0.3 is 9.47 Å². The number of benzene rings is 2. The maximum atomic E-state index is 13.7. The van der Waals surface area contributed by atoms with E-state index in [9.17, 15) is 14.0 Å². The predicted octanol–water partition coefficient (Wildman–Crippen LogP) is 3.42. The molecule has 0 atom stereocenters. The molecule has 1 aromatic heterocycles. The van der Waals surface area contributed by atoms with Crippen LogP contribution in [0.15, 0.2) is 54.7 Å². The summed E-state index contributed by atoms with van der Waals surface area (Å²) in [6.45, 7) is -0.485. The average molecular weight is 339 g/mol. The van der Waals surface area contributed by atoms with Gasteiger partial charge in [0.1, 0.15) is 0 Å². The minimum atomic E-state index is -0.653. The number of nitrogens with zero attached hydrogens (tertiary/aromatic N) is 1. The van der Waals surface area contributed by atoms with E-state index in [-0.39, 0.29) is 11.3 Å². The first-order valence-electron chi connectivity index (χ1n) is 7.48. The van der Waals surface area contributed by atoms with E-state index >= 15 is 0 Å². The van der Waals surface area contributed by atoms with Crippen LogP contribution in [0.25, 0.3) is 10.9 Å². The summed E-state index contributed by atoms with van der Waals surface area (Å²) in [5.41, 5.74) is 1.07. The van der Waals surface area contributed by atoms with Crippen molar-refractivity contribution in [2.45, 2.75) is 0 Å². The Balaban J connectivity index is 1.73. The lowest BCUT2D eigenvalue weighted by Crippen LogP contribution is -2.15. The number of hydrogen-bond acceptors (Lipinski definition) is 5. The Morgan fingerprint density at radius 3 is 2.72 bits per heavy atom. The smallest absolute Gasteiger partial charge is 0.339 e. The van der Waals surface area contributed by atoms with Gasteiger partial charge in [-0.3, -0.25) is 9.78 Å². The van der Waals surface area contributed by atoms with Gasteiger partial charge in [-0.1, -0.05) is 12.1 Å². The third-order valence-electron chi connectivity index (χ3n) is 3.67. The van der Waals surface area contributed by atoms with Crippen molar-refractivity contribution in [2.24, 2.45) is 0 Å². The molecule has 0 radical (unpaired) electrons. The highest BCUT2D eigenvalue weighted by Gasteiger charge is 2.15. The van der Waals surface area contributed by atoms with E-state index in [0.717, 1.165) is 6.07 Å². The van der Waals surface area contributed by atoms with Crippen LogP contribution in [0.1, 0.15) is 20.7 Å². The van der Waals surface area contributed by atoms with Crippen molar-refractivity contribution in [3.63, 3.8) is 0 Å². The lowest BCUT2D eigenvalue weighted by atomic mass is 10.1. The summed E-state index contributed by atoms with van der Waals surface area (Å²) in [5, 5.41) is 0.637. The molecule has 0 unspecified atom stereocenters. The van der Waals surface area contributed by atoms with Crippen LogP contribution >= 0.6 is 0 Å². The molecular formula is C19H14FNO4. The molecule has 0 amide bonds. The van der Waals surface area contributed by atoms with Gasteiger partial charge in [-0.2, -0.15) is 0 Å². The minimum Gasteiger partial charge on any atom is -0.494 e. The van der Waals surface area contributed by atoms with Gasteiger partial charge in [0.25, 0.3) is 0 Å². The minimum absolute atomic E-state index is 0.0387. The normalized spacial score (nSPS) is 10.5. The molecule has 3 aromatic rings. The molecule has 2 aromatic carbocycles. The molecule has 5 nitrogen and oxygen atoms in total. The second kappa shape index (κ2) is 7.09. The van der Waals surface area contributed by atoms with Gasteiger partial charge in [0.05, 0.1) is 18.2 Å². The Labute approximate surface area is 143 Å². The second-order valence-corrected chi connectivity index (χ2v) is 5.22. The number of hydrogen-bond donors (Lipinski definition) is 0. The molecule has 0 N–H and O–H groups in total. The maximum absolute atomic E-state index is 13.7. The molecule has 6 heteroatoms. The van der Waals surface area contributed by atoms with Crippen LogP contribution in [0.2, 0.25) is 0 Å². The first-order valence-corrected chi connectivity index (χ1v) is 7.48. The molecule has 126 valence electrons. The Morgan fingerprint density at radius 1 is 1.12 bits per heavy atom. The topological polar surface area (TPSA) is 65.5 Å². The van der Waals surface area contributed by atoms with E-state index in [1.807, 2.05) is 0 Å². The predicted molar refractivity (Wildman–Crippen MR) is 89.3 cm³/mol. The summed E-state index contributed by atoms with van der Waals surface area (Å²) in [5.74, 6) is -1.76. The molecule has 0 spiro atoms. The van der Waals surface area contributed by atoms with Crippen LogP contribution in [0.3, 0.4) is 0 Å². The number of carbonyl (C=O) groups excluding carboxylic acids is 2. The van der Waals surface area contributed by atoms with Gasteiger partial charge in [-0.05, 0) is 36.4 Å². The molecule has 3 rings (SSSR count). The van der Waals surface area contributed by atoms with E-state index in [2.05, 4.69) is 4.98 Å². The molecule has 0 fully saturated rings. The number of esters is 1. The maximum Gasteiger partial charge on any atom is 0.339 e. The zero-order valence-electron chi connectivity index (χ0n) is 13.4. The van der Waals surface area contributed by atoms with Crippen molar-refractivity contribution in [2.75, 3.05) is 13.7 Å². The van der Waals surface area contributed by atoms with Crippen LogP contribution < -0.4 is 4.74 Å². The molecule has 0 aliphatic rings. The number of ketones is 1. The van der Waals surface area contributed by atoms with Gasteiger partial charge >= 0.3 is 5.97 Å². The molecule has 0 bridgehead atoms. The summed E-state index contributed by atoms with van der Waals surface area (Å²) in [7, 11) is 1.33. The van der Waals surface area contributed by atoms with Gasteiger partial charge in [0, 0.05) is 17.1 Å². The first-order chi connectivity index (χ1) is 12.1. The number of carbonyl (C=O) groups is 2. The summed E-state index contributed by atoms with van der Waals surface area (Å²) >= 11 is 0. The number of halogens is 1. The van der Waals surface area contributed by atoms with E-state index in [1.165, 1.54) is 19.2 Å². The Kier molecular flexibility index (Phi) is 4.70. The number of ether oxygens (including phenoxy) is 2. The van der Waals surface area contributed by atoms with E-state index < -0.39 is 24.2 Å². The van der Waals surface area contributed by atoms with Gasteiger partial charge in [-0.15, -0.1) is 0 Å². The van der Waals surface area contributed by atoms with Crippen LogP contribution in [-0.2, 0) is 4.74 Å². The molecule has 0 aliphatic heterocycles. The zero-order chi connectivity index (χ0) is 17.8. The molecule has 0 aliphatic carbocycles. The largest absolute Gasteiger partial charge is 0.494 e. The summed E-state index contributed by atoms with van der Waals surface area (Å²) < 4.78 is 23.5. The molecule has 0 saturated carbocycles. The highest BCUT2D eigenvalue weighted by molar-refractivity contribution is 6.05. The third kappa shape index (κ3) is 3.47. The van der Waals surface area contributed by atoms with Crippen molar-refractivity contribution in [1.82, 2.24) is 4.98 Å². The summed E-state index contributed by atoms with van der Waals surface area (Å²) in [4.78, 5) is 28.5. The number of rotatable bonds is 5. The van der Waals surface area contributed by atoms with Gasteiger partial charge in [-0.25, -0.2) is 9.18 Å². The number of pyridine rings is 1. The first kappa shape index (κ1) is 16.6. The number of Topliss-reactive ketones (excluding diaryl/α,β-unsaturated/α-hetero) is 1.